The maximum absolute atomic E-state index is 12.3. The maximum atomic E-state index is 12.3. The van der Waals surface area contributed by atoms with Crippen molar-refractivity contribution in [3.05, 3.63) is 30.3 Å². The molecule has 8 heteroatoms. The normalized spacial score (nSPS) is 14.3. The lowest BCUT2D eigenvalue weighted by Crippen LogP contribution is -2.50. The highest BCUT2D eigenvalue weighted by Crippen LogP contribution is 2.21. The van der Waals surface area contributed by atoms with E-state index in [9.17, 15) is 21.6 Å². The molecule has 0 aliphatic carbocycles. The monoisotopic (exact) mass is 361 g/mol. The van der Waals surface area contributed by atoms with Gasteiger partial charge in [-0.1, -0.05) is 32.0 Å². The second kappa shape index (κ2) is 7.00. The van der Waals surface area contributed by atoms with Gasteiger partial charge in [-0.25, -0.2) is 16.8 Å². The third kappa shape index (κ3) is 4.78. The van der Waals surface area contributed by atoms with Gasteiger partial charge in [-0.15, -0.1) is 0 Å². The average molecular weight is 361 g/mol. The van der Waals surface area contributed by atoms with Gasteiger partial charge in [-0.2, -0.15) is 0 Å². The second-order valence-corrected chi connectivity index (χ2v) is 11.8. The van der Waals surface area contributed by atoms with Gasteiger partial charge in [0.1, 0.15) is 0 Å². The Balaban J connectivity index is 3.04. The van der Waals surface area contributed by atoms with Crippen LogP contribution in [0, 0.1) is 5.92 Å². The zero-order chi connectivity index (χ0) is 17.9. The fourth-order valence-corrected chi connectivity index (χ4v) is 6.39. The van der Waals surface area contributed by atoms with Gasteiger partial charge in [0.2, 0.25) is 5.91 Å². The number of hydrogen-bond acceptors (Lipinski definition) is 5. The molecule has 0 bridgehead atoms. The molecule has 1 N–H and O–H groups in total. The zero-order valence-electron chi connectivity index (χ0n) is 13.7. The highest BCUT2D eigenvalue weighted by molar-refractivity contribution is 8.67. The minimum absolute atomic E-state index is 0.274. The van der Waals surface area contributed by atoms with Crippen molar-refractivity contribution in [3.63, 3.8) is 0 Å². The highest BCUT2D eigenvalue weighted by Gasteiger charge is 2.38. The molecule has 6 nitrogen and oxygen atoms in total. The molecule has 1 rings (SSSR count). The minimum atomic E-state index is -4.51. The lowest BCUT2D eigenvalue weighted by molar-refractivity contribution is -0.125. The predicted octanol–water partition coefficient (Wildman–Crippen LogP) is 1.73. The number of rotatable bonds is 7. The number of amides is 1. The topological polar surface area (TPSA) is 97.4 Å². The lowest BCUT2D eigenvalue weighted by Gasteiger charge is -2.27. The van der Waals surface area contributed by atoms with E-state index >= 15 is 0 Å². The molecule has 1 unspecified atom stereocenters. The molecule has 130 valence electrons. The van der Waals surface area contributed by atoms with Crippen molar-refractivity contribution in [2.45, 2.75) is 44.6 Å². The number of benzene rings is 1. The van der Waals surface area contributed by atoms with Crippen LogP contribution in [0.3, 0.4) is 0 Å². The van der Waals surface area contributed by atoms with Gasteiger partial charge < -0.3 is 5.32 Å². The van der Waals surface area contributed by atoms with E-state index in [0.717, 1.165) is 0 Å². The first kappa shape index (κ1) is 19.6. The second-order valence-electron chi connectivity index (χ2n) is 6.15. The van der Waals surface area contributed by atoms with Crippen LogP contribution in [0.15, 0.2) is 35.2 Å². The van der Waals surface area contributed by atoms with Gasteiger partial charge in [0.15, 0.2) is 0 Å². The van der Waals surface area contributed by atoms with Gasteiger partial charge in [0, 0.05) is 11.5 Å². The molecule has 1 aromatic rings. The van der Waals surface area contributed by atoms with Crippen LogP contribution in [0.5, 0.6) is 0 Å². The molecular weight excluding hydrogens is 338 g/mol. The molecule has 1 aromatic carbocycles. The number of hydrogen-bond donors (Lipinski definition) is 1. The molecular formula is C15H23NO5S2. The molecule has 0 saturated carbocycles. The molecule has 1 amide bonds. The van der Waals surface area contributed by atoms with Crippen molar-refractivity contribution in [1.82, 2.24) is 5.32 Å². The molecule has 0 aliphatic rings. The fraction of sp³-hybridized carbons (Fsp3) is 0.533. The van der Waals surface area contributed by atoms with E-state index in [1.807, 2.05) is 6.92 Å². The van der Waals surface area contributed by atoms with Gasteiger partial charge in [-0.3, -0.25) is 4.79 Å². The van der Waals surface area contributed by atoms with E-state index in [1.54, 1.807) is 13.0 Å². The smallest absolute Gasteiger partial charge is 0.282 e. The average Bonchev–Trinajstić information content (AvgIpc) is 2.45. The molecule has 0 spiro atoms. The van der Waals surface area contributed by atoms with Crippen LogP contribution < -0.4 is 5.32 Å². The van der Waals surface area contributed by atoms with E-state index in [1.165, 1.54) is 38.1 Å². The van der Waals surface area contributed by atoms with Gasteiger partial charge in [0.05, 0.1) is 10.6 Å². The summed E-state index contributed by atoms with van der Waals surface area (Å²) in [5.74, 6) is -1.27. The molecule has 0 saturated heterocycles. The molecule has 0 aliphatic heterocycles. The summed E-state index contributed by atoms with van der Waals surface area (Å²) in [4.78, 5) is 11.7. The summed E-state index contributed by atoms with van der Waals surface area (Å²) in [6.45, 7) is 6.55. The largest absolute Gasteiger partial charge is 0.350 e. The van der Waals surface area contributed by atoms with Crippen molar-refractivity contribution in [2.24, 2.45) is 5.92 Å². The number of carbonyl (C=O) groups is 1. The van der Waals surface area contributed by atoms with Crippen molar-refractivity contribution < 1.29 is 21.6 Å². The third-order valence-corrected chi connectivity index (χ3v) is 8.96. The first-order valence-corrected chi connectivity index (χ1v) is 10.9. The molecule has 1 atom stereocenters. The van der Waals surface area contributed by atoms with Gasteiger partial charge in [0.25, 0.3) is 17.7 Å². The Morgan fingerprint density at radius 3 is 2.13 bits per heavy atom. The minimum Gasteiger partial charge on any atom is -0.350 e. The van der Waals surface area contributed by atoms with Crippen LogP contribution in [0.4, 0.5) is 0 Å². The predicted molar refractivity (Wildman–Crippen MR) is 89.1 cm³/mol. The van der Waals surface area contributed by atoms with Gasteiger partial charge >= 0.3 is 0 Å². The van der Waals surface area contributed by atoms with Crippen LogP contribution in [0.2, 0.25) is 0 Å². The quantitative estimate of drug-likeness (QED) is 0.746. The Hall–Kier alpha value is -1.41. The Morgan fingerprint density at radius 2 is 1.65 bits per heavy atom. The summed E-state index contributed by atoms with van der Waals surface area (Å²) < 4.78 is 49.3. The van der Waals surface area contributed by atoms with E-state index < -0.39 is 29.0 Å². The number of nitrogens with one attached hydrogen (secondary N) is 1. The number of carbonyl (C=O) groups excluding carboxylic acids is 1. The SMILES string of the molecule is CCC(C)C(=O)NC(C)(C)CS(=O)(=O)S(=O)(=O)c1ccccc1. The van der Waals surface area contributed by atoms with Crippen LogP contribution in [-0.4, -0.2) is 34.0 Å². The third-order valence-electron chi connectivity index (χ3n) is 3.43. The fourth-order valence-electron chi connectivity index (χ4n) is 1.93. The van der Waals surface area contributed by atoms with Crippen LogP contribution >= 0.6 is 0 Å². The summed E-state index contributed by atoms with van der Waals surface area (Å²) in [5.41, 5.74) is -1.19. The van der Waals surface area contributed by atoms with E-state index in [-0.39, 0.29) is 16.7 Å². The molecule has 0 heterocycles. The lowest BCUT2D eigenvalue weighted by atomic mass is 10.0. The molecule has 0 radical (unpaired) electrons. The van der Waals surface area contributed by atoms with E-state index in [2.05, 4.69) is 5.32 Å². The summed E-state index contributed by atoms with van der Waals surface area (Å²) in [7, 11) is -9.00. The van der Waals surface area contributed by atoms with Crippen molar-refractivity contribution >= 4 is 23.6 Å². The van der Waals surface area contributed by atoms with Crippen LogP contribution in [-0.2, 0) is 22.5 Å². The molecule has 0 aromatic heterocycles. The molecule has 23 heavy (non-hydrogen) atoms. The zero-order valence-corrected chi connectivity index (χ0v) is 15.4. The Morgan fingerprint density at radius 1 is 1.13 bits per heavy atom. The summed E-state index contributed by atoms with van der Waals surface area (Å²) in [6.07, 6.45) is 0.608. The van der Waals surface area contributed by atoms with Crippen molar-refractivity contribution in [3.8, 4) is 0 Å². The van der Waals surface area contributed by atoms with E-state index in [4.69, 9.17) is 0 Å². The molecule has 0 fully saturated rings. The summed E-state index contributed by atoms with van der Waals surface area (Å²) >= 11 is 0. The van der Waals surface area contributed by atoms with E-state index in [0.29, 0.717) is 6.42 Å². The Labute approximate surface area is 137 Å². The van der Waals surface area contributed by atoms with Crippen molar-refractivity contribution in [1.29, 1.82) is 0 Å². The Bertz CT molecular complexity index is 752. The summed E-state index contributed by atoms with van der Waals surface area (Å²) in [6, 6.07) is 6.98. The Kier molecular flexibility index (Phi) is 5.98. The van der Waals surface area contributed by atoms with Gasteiger partial charge in [-0.05, 0) is 32.4 Å². The van der Waals surface area contributed by atoms with Crippen LogP contribution in [0.1, 0.15) is 34.1 Å². The first-order chi connectivity index (χ1) is 10.4. The standard InChI is InChI=1S/C15H23NO5S2/c1-5-12(2)14(17)16-15(3,4)11-22(18,19)23(20,21)13-9-7-6-8-10-13/h6-10,12H,5,11H2,1-4H3,(H,16,17). The highest BCUT2D eigenvalue weighted by atomic mass is 33.2. The first-order valence-electron chi connectivity index (χ1n) is 7.28. The maximum Gasteiger partial charge on any atom is 0.282 e. The van der Waals surface area contributed by atoms with Crippen LogP contribution in [0.25, 0.3) is 0 Å². The summed E-state index contributed by atoms with van der Waals surface area (Å²) in [5, 5.41) is 2.60. The van der Waals surface area contributed by atoms with Crippen molar-refractivity contribution in [2.75, 3.05) is 5.75 Å².